The van der Waals surface area contributed by atoms with E-state index in [-0.39, 0.29) is 0 Å². The van der Waals surface area contributed by atoms with Crippen LogP contribution in [0.4, 0.5) is 0 Å². The van der Waals surface area contributed by atoms with Crippen molar-refractivity contribution in [1.29, 1.82) is 0 Å². The molecule has 1 aliphatic carbocycles. The Bertz CT molecular complexity index is 472. The predicted octanol–water partition coefficient (Wildman–Crippen LogP) is 1.64. The van der Waals surface area contributed by atoms with Gasteiger partial charge in [-0.05, 0) is 31.9 Å². The van der Waals surface area contributed by atoms with Crippen molar-refractivity contribution in [3.63, 3.8) is 0 Å². The van der Waals surface area contributed by atoms with Crippen LogP contribution in [-0.2, 0) is 13.0 Å². The van der Waals surface area contributed by atoms with Crippen LogP contribution in [0.15, 0.2) is 12.4 Å². The Labute approximate surface area is 121 Å². The number of aromatic nitrogens is 1. The lowest BCUT2D eigenvalue weighted by molar-refractivity contribution is 0.0982. The summed E-state index contributed by atoms with van der Waals surface area (Å²) in [4.78, 5) is 16.9. The molecule has 4 nitrogen and oxygen atoms in total. The van der Waals surface area contributed by atoms with Gasteiger partial charge in [0.15, 0.2) is 5.78 Å². The van der Waals surface area contributed by atoms with Gasteiger partial charge in [0.2, 0.25) is 0 Å². The van der Waals surface area contributed by atoms with Gasteiger partial charge in [-0.15, -0.1) is 0 Å². The van der Waals surface area contributed by atoms with E-state index in [1.165, 1.54) is 18.7 Å². The van der Waals surface area contributed by atoms with Crippen LogP contribution in [0.1, 0.15) is 35.2 Å². The molecule has 2 heterocycles. The predicted molar refractivity (Wildman–Crippen MR) is 80.3 cm³/mol. The molecule has 0 spiro atoms. The molecule has 0 aromatic carbocycles. The SMILES string of the molecule is CN1CCN(CCn2cc3c(c2)C(=O)CCCC3)CC1. The smallest absolute Gasteiger partial charge is 0.164 e. The van der Waals surface area contributed by atoms with E-state index in [0.29, 0.717) is 5.78 Å². The maximum Gasteiger partial charge on any atom is 0.164 e. The Balaban J connectivity index is 1.58. The van der Waals surface area contributed by atoms with Crippen LogP contribution in [0.25, 0.3) is 0 Å². The molecule has 1 saturated heterocycles. The van der Waals surface area contributed by atoms with Gasteiger partial charge in [0, 0.05) is 63.6 Å². The van der Waals surface area contributed by atoms with E-state index in [0.717, 1.165) is 57.4 Å². The number of likely N-dealkylation sites (N-methyl/N-ethyl adjacent to an activating group) is 1. The van der Waals surface area contributed by atoms with Gasteiger partial charge in [0.1, 0.15) is 0 Å². The van der Waals surface area contributed by atoms with Crippen LogP contribution in [0.5, 0.6) is 0 Å². The van der Waals surface area contributed by atoms with Crippen molar-refractivity contribution < 1.29 is 4.79 Å². The molecule has 0 atom stereocenters. The number of fused-ring (bicyclic) bond motifs is 1. The van der Waals surface area contributed by atoms with Crippen molar-refractivity contribution in [3.8, 4) is 0 Å². The molecule has 2 aliphatic rings. The Morgan fingerprint density at radius 3 is 2.55 bits per heavy atom. The third kappa shape index (κ3) is 3.13. The number of piperazine rings is 1. The molecule has 0 unspecified atom stereocenters. The van der Waals surface area contributed by atoms with Gasteiger partial charge < -0.3 is 9.47 Å². The molecule has 0 saturated carbocycles. The summed E-state index contributed by atoms with van der Waals surface area (Å²) in [5.74, 6) is 0.343. The highest BCUT2D eigenvalue weighted by atomic mass is 16.1. The largest absolute Gasteiger partial charge is 0.352 e. The first-order valence-corrected chi connectivity index (χ1v) is 7.85. The van der Waals surface area contributed by atoms with E-state index in [2.05, 4.69) is 33.8 Å². The highest BCUT2D eigenvalue weighted by Crippen LogP contribution is 2.21. The zero-order valence-electron chi connectivity index (χ0n) is 12.5. The lowest BCUT2D eigenvalue weighted by Crippen LogP contribution is -2.45. The highest BCUT2D eigenvalue weighted by Gasteiger charge is 2.18. The van der Waals surface area contributed by atoms with Gasteiger partial charge in [-0.3, -0.25) is 9.69 Å². The number of aryl methyl sites for hydroxylation is 1. The summed E-state index contributed by atoms with van der Waals surface area (Å²) >= 11 is 0. The molecule has 3 rings (SSSR count). The summed E-state index contributed by atoms with van der Waals surface area (Å²) in [6.07, 6.45) is 8.29. The Kier molecular flexibility index (Phi) is 4.22. The fourth-order valence-electron chi connectivity index (χ4n) is 3.20. The van der Waals surface area contributed by atoms with Crippen LogP contribution in [0.3, 0.4) is 0 Å². The molecule has 0 amide bonds. The first kappa shape index (κ1) is 13.8. The first-order valence-electron chi connectivity index (χ1n) is 7.85. The number of carbonyl (C=O) groups is 1. The minimum absolute atomic E-state index is 0.343. The third-order valence-corrected chi connectivity index (χ3v) is 4.63. The van der Waals surface area contributed by atoms with Crippen LogP contribution < -0.4 is 0 Å². The van der Waals surface area contributed by atoms with E-state index in [1.54, 1.807) is 0 Å². The molecule has 4 heteroatoms. The summed E-state index contributed by atoms with van der Waals surface area (Å²) in [6, 6.07) is 0. The van der Waals surface area contributed by atoms with Crippen molar-refractivity contribution >= 4 is 5.78 Å². The molecule has 20 heavy (non-hydrogen) atoms. The first-order chi connectivity index (χ1) is 9.72. The fraction of sp³-hybridized carbons (Fsp3) is 0.688. The van der Waals surface area contributed by atoms with Crippen molar-refractivity contribution in [2.24, 2.45) is 0 Å². The quantitative estimate of drug-likeness (QED) is 0.785. The second kappa shape index (κ2) is 6.10. The summed E-state index contributed by atoms with van der Waals surface area (Å²) in [5, 5.41) is 0. The van der Waals surface area contributed by atoms with Gasteiger partial charge in [-0.1, -0.05) is 0 Å². The molecule has 0 radical (unpaired) electrons. The molecular formula is C16H25N3O. The average molecular weight is 275 g/mol. The second-order valence-corrected chi connectivity index (χ2v) is 6.21. The Hall–Kier alpha value is -1.13. The maximum atomic E-state index is 12.0. The second-order valence-electron chi connectivity index (χ2n) is 6.21. The van der Waals surface area contributed by atoms with Crippen LogP contribution in [0.2, 0.25) is 0 Å². The molecule has 1 fully saturated rings. The van der Waals surface area contributed by atoms with Gasteiger partial charge in [-0.25, -0.2) is 0 Å². The molecule has 110 valence electrons. The van der Waals surface area contributed by atoms with Crippen LogP contribution in [0, 0.1) is 0 Å². The maximum absolute atomic E-state index is 12.0. The number of rotatable bonds is 3. The van der Waals surface area contributed by atoms with Crippen LogP contribution >= 0.6 is 0 Å². The summed E-state index contributed by atoms with van der Waals surface area (Å²) < 4.78 is 2.23. The zero-order valence-corrected chi connectivity index (χ0v) is 12.5. The van der Waals surface area contributed by atoms with E-state index in [4.69, 9.17) is 0 Å². The zero-order chi connectivity index (χ0) is 13.9. The lowest BCUT2D eigenvalue weighted by atomic mass is 10.1. The third-order valence-electron chi connectivity index (χ3n) is 4.63. The molecule has 1 aliphatic heterocycles. The number of hydrogen-bond acceptors (Lipinski definition) is 3. The molecule has 1 aromatic heterocycles. The summed E-state index contributed by atoms with van der Waals surface area (Å²) in [7, 11) is 2.19. The molecule has 0 N–H and O–H groups in total. The number of Topliss-reactive ketones (excluding diaryl/α,β-unsaturated/α-hetero) is 1. The standard InChI is InChI=1S/C16H25N3O/c1-17-6-8-18(9-7-17)10-11-19-12-14-4-2-3-5-16(20)15(14)13-19/h12-13H,2-11H2,1H3. The van der Waals surface area contributed by atoms with Crippen molar-refractivity contribution in [2.45, 2.75) is 32.2 Å². The van der Waals surface area contributed by atoms with E-state index < -0.39 is 0 Å². The summed E-state index contributed by atoms with van der Waals surface area (Å²) in [5.41, 5.74) is 2.26. The van der Waals surface area contributed by atoms with E-state index >= 15 is 0 Å². The van der Waals surface area contributed by atoms with Crippen molar-refractivity contribution in [3.05, 3.63) is 23.5 Å². The molecule has 0 bridgehead atoms. The Morgan fingerprint density at radius 2 is 1.75 bits per heavy atom. The Morgan fingerprint density at radius 1 is 1.00 bits per heavy atom. The van der Waals surface area contributed by atoms with Gasteiger partial charge in [-0.2, -0.15) is 0 Å². The highest BCUT2D eigenvalue weighted by molar-refractivity contribution is 5.97. The van der Waals surface area contributed by atoms with Crippen molar-refractivity contribution in [1.82, 2.24) is 14.4 Å². The summed E-state index contributed by atoms with van der Waals surface area (Å²) in [6.45, 7) is 6.76. The number of hydrogen-bond donors (Lipinski definition) is 0. The number of nitrogens with zero attached hydrogens (tertiary/aromatic N) is 3. The average Bonchev–Trinajstić information content (AvgIpc) is 2.79. The molecule has 1 aromatic rings. The topological polar surface area (TPSA) is 28.5 Å². The monoisotopic (exact) mass is 275 g/mol. The van der Waals surface area contributed by atoms with Crippen molar-refractivity contribution in [2.75, 3.05) is 39.8 Å². The normalized spacial score (nSPS) is 21.8. The molecular weight excluding hydrogens is 250 g/mol. The number of ketones is 1. The minimum atomic E-state index is 0.343. The van der Waals surface area contributed by atoms with Gasteiger partial charge >= 0.3 is 0 Å². The van der Waals surface area contributed by atoms with E-state index in [1.807, 2.05) is 0 Å². The van der Waals surface area contributed by atoms with Gasteiger partial charge in [0.25, 0.3) is 0 Å². The van der Waals surface area contributed by atoms with Gasteiger partial charge in [0.05, 0.1) is 0 Å². The van der Waals surface area contributed by atoms with Crippen LogP contribution in [-0.4, -0.2) is 59.9 Å². The fourth-order valence-corrected chi connectivity index (χ4v) is 3.20. The number of carbonyl (C=O) groups excluding carboxylic acids is 1. The minimum Gasteiger partial charge on any atom is -0.352 e. The lowest BCUT2D eigenvalue weighted by Gasteiger charge is -2.32. The van der Waals surface area contributed by atoms with E-state index in [9.17, 15) is 4.79 Å².